The average Bonchev–Trinajstić information content (AvgIpc) is 2.02. The molecule has 2 heteroatoms. The largest absolute Gasteiger partial charge is 0.460 e. The smallest absolute Gasteiger partial charge is 0.306 e. The topological polar surface area (TPSA) is 26.3 Å². The molecular weight excluding hydrogens is 176 g/mol. The zero-order valence-electron chi connectivity index (χ0n) is 9.38. The highest BCUT2D eigenvalue weighted by molar-refractivity contribution is 5.70. The summed E-state index contributed by atoms with van der Waals surface area (Å²) in [6.07, 6.45) is 8.32. The molecule has 0 fully saturated rings. The van der Waals surface area contributed by atoms with E-state index >= 15 is 0 Å². The van der Waals surface area contributed by atoms with Crippen LogP contribution in [0.15, 0.2) is 12.2 Å². The Morgan fingerprint density at radius 2 is 2.21 bits per heavy atom. The summed E-state index contributed by atoms with van der Waals surface area (Å²) in [7, 11) is 0. The lowest BCUT2D eigenvalue weighted by Gasteiger charge is -2.22. The van der Waals surface area contributed by atoms with Crippen molar-refractivity contribution in [3.05, 3.63) is 12.2 Å². The summed E-state index contributed by atoms with van der Waals surface area (Å²) >= 11 is 0. The van der Waals surface area contributed by atoms with Gasteiger partial charge >= 0.3 is 5.97 Å². The van der Waals surface area contributed by atoms with E-state index in [-0.39, 0.29) is 11.6 Å². The number of hydrogen-bond acceptors (Lipinski definition) is 2. The minimum Gasteiger partial charge on any atom is -0.460 e. The fraction of sp³-hybridized carbons (Fsp3) is 0.750. The molecule has 0 spiro atoms. The molecule has 0 aliphatic heterocycles. The lowest BCUT2D eigenvalue weighted by atomic mass is 9.93. The van der Waals surface area contributed by atoms with Crippen LogP contribution in [-0.2, 0) is 9.53 Å². The molecule has 1 rings (SSSR count). The van der Waals surface area contributed by atoms with Gasteiger partial charge in [0.25, 0.3) is 0 Å². The first-order valence-electron chi connectivity index (χ1n) is 5.36. The first-order valence-corrected chi connectivity index (χ1v) is 5.36. The van der Waals surface area contributed by atoms with E-state index in [9.17, 15) is 4.79 Å². The molecule has 0 amide bonds. The molecule has 0 heterocycles. The van der Waals surface area contributed by atoms with Gasteiger partial charge in [-0.05, 0) is 46.0 Å². The molecular formula is C12H20O2. The molecule has 14 heavy (non-hydrogen) atoms. The summed E-state index contributed by atoms with van der Waals surface area (Å²) in [4.78, 5) is 11.5. The molecule has 0 saturated carbocycles. The predicted octanol–water partition coefficient (Wildman–Crippen LogP) is 3.07. The highest BCUT2D eigenvalue weighted by atomic mass is 16.6. The Morgan fingerprint density at radius 3 is 2.71 bits per heavy atom. The normalized spacial score (nSPS) is 22.1. The van der Waals surface area contributed by atoms with Gasteiger partial charge < -0.3 is 4.74 Å². The fourth-order valence-corrected chi connectivity index (χ4v) is 1.65. The van der Waals surface area contributed by atoms with Crippen LogP contribution in [0.2, 0.25) is 0 Å². The third kappa shape index (κ3) is 4.45. The van der Waals surface area contributed by atoms with Crippen LogP contribution < -0.4 is 0 Å². The van der Waals surface area contributed by atoms with Crippen LogP contribution in [0.3, 0.4) is 0 Å². The van der Waals surface area contributed by atoms with Gasteiger partial charge in [-0.1, -0.05) is 12.2 Å². The van der Waals surface area contributed by atoms with Gasteiger partial charge in [0.05, 0.1) is 6.42 Å². The molecule has 0 saturated heterocycles. The summed E-state index contributed by atoms with van der Waals surface area (Å²) in [5.74, 6) is 0.327. The highest BCUT2D eigenvalue weighted by Gasteiger charge is 2.19. The van der Waals surface area contributed by atoms with Gasteiger partial charge in [0, 0.05) is 0 Å². The summed E-state index contributed by atoms with van der Waals surface area (Å²) in [6.45, 7) is 5.71. The number of hydrogen-bond donors (Lipinski definition) is 0. The number of allylic oxidation sites excluding steroid dienone is 2. The van der Waals surface area contributed by atoms with E-state index in [4.69, 9.17) is 4.74 Å². The molecule has 2 nitrogen and oxygen atoms in total. The lowest BCUT2D eigenvalue weighted by molar-refractivity contribution is -0.155. The van der Waals surface area contributed by atoms with Crippen LogP contribution in [0.5, 0.6) is 0 Å². The van der Waals surface area contributed by atoms with Crippen LogP contribution in [0.4, 0.5) is 0 Å². The second-order valence-electron chi connectivity index (χ2n) is 4.91. The molecule has 1 atom stereocenters. The van der Waals surface area contributed by atoms with Crippen molar-refractivity contribution >= 4 is 5.97 Å². The fourth-order valence-electron chi connectivity index (χ4n) is 1.65. The third-order valence-electron chi connectivity index (χ3n) is 2.20. The Bertz CT molecular complexity index is 223. The SMILES string of the molecule is CC(C)(C)OC(=O)C[C@H]1C=CCCC1. The highest BCUT2D eigenvalue weighted by Crippen LogP contribution is 2.21. The predicted molar refractivity (Wildman–Crippen MR) is 56.9 cm³/mol. The number of ether oxygens (including phenoxy) is 1. The van der Waals surface area contributed by atoms with E-state index in [0.717, 1.165) is 12.8 Å². The molecule has 80 valence electrons. The number of esters is 1. The molecule has 0 bridgehead atoms. The van der Waals surface area contributed by atoms with Crippen LogP contribution in [0.25, 0.3) is 0 Å². The molecule has 0 unspecified atom stereocenters. The third-order valence-corrected chi connectivity index (χ3v) is 2.20. The van der Waals surface area contributed by atoms with Gasteiger partial charge in [-0.15, -0.1) is 0 Å². The zero-order chi connectivity index (χ0) is 10.6. The maximum absolute atomic E-state index is 11.5. The van der Waals surface area contributed by atoms with Gasteiger partial charge in [-0.2, -0.15) is 0 Å². The Morgan fingerprint density at radius 1 is 1.50 bits per heavy atom. The Kier molecular flexibility index (Phi) is 3.73. The van der Waals surface area contributed by atoms with E-state index in [1.54, 1.807) is 0 Å². The summed E-state index contributed by atoms with van der Waals surface area (Å²) < 4.78 is 5.27. The summed E-state index contributed by atoms with van der Waals surface area (Å²) in [5, 5.41) is 0. The van der Waals surface area contributed by atoms with Crippen molar-refractivity contribution in [2.45, 2.75) is 52.1 Å². The maximum atomic E-state index is 11.5. The number of carbonyl (C=O) groups is 1. The molecule has 0 aromatic rings. The minimum absolute atomic E-state index is 0.0750. The molecule has 1 aliphatic rings. The molecule has 0 aromatic carbocycles. The second kappa shape index (κ2) is 4.63. The van der Waals surface area contributed by atoms with Gasteiger partial charge in [-0.25, -0.2) is 0 Å². The van der Waals surface area contributed by atoms with E-state index in [0.29, 0.717) is 12.3 Å². The van der Waals surface area contributed by atoms with Gasteiger partial charge in [0.2, 0.25) is 0 Å². The number of carbonyl (C=O) groups excluding carboxylic acids is 1. The minimum atomic E-state index is -0.352. The second-order valence-corrected chi connectivity index (χ2v) is 4.91. The Balaban J connectivity index is 2.33. The monoisotopic (exact) mass is 196 g/mol. The van der Waals surface area contributed by atoms with E-state index < -0.39 is 0 Å². The van der Waals surface area contributed by atoms with Gasteiger partial charge in [0.1, 0.15) is 5.60 Å². The molecule has 0 radical (unpaired) electrons. The van der Waals surface area contributed by atoms with Crippen molar-refractivity contribution in [1.82, 2.24) is 0 Å². The first-order chi connectivity index (χ1) is 6.47. The van der Waals surface area contributed by atoms with E-state index in [1.807, 2.05) is 20.8 Å². The standard InChI is InChI=1S/C12H20O2/c1-12(2,3)14-11(13)9-10-7-5-4-6-8-10/h5,7,10H,4,6,8-9H2,1-3H3/t10-/m0/s1. The zero-order valence-corrected chi connectivity index (χ0v) is 9.38. The summed E-state index contributed by atoms with van der Waals surface area (Å²) in [6, 6.07) is 0. The van der Waals surface area contributed by atoms with Gasteiger partial charge in [-0.3, -0.25) is 4.79 Å². The average molecular weight is 196 g/mol. The molecule has 0 aromatic heterocycles. The quantitative estimate of drug-likeness (QED) is 0.501. The van der Waals surface area contributed by atoms with Crippen molar-refractivity contribution in [2.75, 3.05) is 0 Å². The number of rotatable bonds is 2. The Labute approximate surface area is 86.3 Å². The maximum Gasteiger partial charge on any atom is 0.306 e. The van der Waals surface area contributed by atoms with Gasteiger partial charge in [0.15, 0.2) is 0 Å². The Hall–Kier alpha value is -0.790. The van der Waals surface area contributed by atoms with Crippen LogP contribution in [-0.4, -0.2) is 11.6 Å². The van der Waals surface area contributed by atoms with Crippen molar-refractivity contribution in [2.24, 2.45) is 5.92 Å². The van der Waals surface area contributed by atoms with Crippen LogP contribution in [0, 0.1) is 5.92 Å². The molecule has 1 aliphatic carbocycles. The van der Waals surface area contributed by atoms with Crippen molar-refractivity contribution < 1.29 is 9.53 Å². The van der Waals surface area contributed by atoms with Crippen molar-refractivity contribution in [1.29, 1.82) is 0 Å². The lowest BCUT2D eigenvalue weighted by Crippen LogP contribution is -2.25. The van der Waals surface area contributed by atoms with Crippen molar-refractivity contribution in [3.8, 4) is 0 Å². The van der Waals surface area contributed by atoms with Crippen molar-refractivity contribution in [3.63, 3.8) is 0 Å². The van der Waals surface area contributed by atoms with E-state index in [1.165, 1.54) is 6.42 Å². The van der Waals surface area contributed by atoms with Crippen LogP contribution >= 0.6 is 0 Å². The first kappa shape index (κ1) is 11.3. The van der Waals surface area contributed by atoms with E-state index in [2.05, 4.69) is 12.2 Å². The molecule has 0 N–H and O–H groups in total. The van der Waals surface area contributed by atoms with Crippen LogP contribution in [0.1, 0.15) is 46.5 Å². The summed E-state index contributed by atoms with van der Waals surface area (Å²) in [5.41, 5.74) is -0.352.